The molecule has 0 spiro atoms. The van der Waals surface area contributed by atoms with Crippen LogP contribution < -0.4 is 11.2 Å². The predicted molar refractivity (Wildman–Crippen MR) is 51.4 cm³/mol. The van der Waals surface area contributed by atoms with Crippen molar-refractivity contribution in [1.82, 2.24) is 9.55 Å². The number of aromatic nitrogens is 2. The maximum atomic E-state index is 11.4. The molecule has 2 heterocycles. The van der Waals surface area contributed by atoms with Crippen molar-refractivity contribution >= 4 is 0 Å². The van der Waals surface area contributed by atoms with Crippen molar-refractivity contribution in [3.05, 3.63) is 32.6 Å². The number of aliphatic hydroxyl groups excluding tert-OH is 1. The first-order chi connectivity index (χ1) is 7.08. The molecule has 0 aromatic carbocycles. The molecule has 0 bridgehead atoms. The highest BCUT2D eigenvalue weighted by atomic mass is 16.6. The van der Waals surface area contributed by atoms with Crippen LogP contribution in [0.15, 0.2) is 15.8 Å². The van der Waals surface area contributed by atoms with Crippen molar-refractivity contribution in [2.24, 2.45) is 0 Å². The number of rotatable bonds is 1. The van der Waals surface area contributed by atoms with Crippen molar-refractivity contribution < 1.29 is 9.84 Å². The summed E-state index contributed by atoms with van der Waals surface area (Å²) >= 11 is 0. The second-order valence-electron chi connectivity index (χ2n) is 3.60. The van der Waals surface area contributed by atoms with Gasteiger partial charge in [-0.15, -0.1) is 0 Å². The third kappa shape index (κ3) is 1.86. The van der Waals surface area contributed by atoms with Crippen LogP contribution in [-0.2, 0) is 4.74 Å². The van der Waals surface area contributed by atoms with Gasteiger partial charge < -0.3 is 9.84 Å². The van der Waals surface area contributed by atoms with Gasteiger partial charge in [-0.05, 0) is 13.3 Å². The van der Waals surface area contributed by atoms with Crippen LogP contribution in [-0.4, -0.2) is 20.9 Å². The molecule has 0 amide bonds. The third-order valence-corrected chi connectivity index (χ3v) is 2.43. The maximum absolute atomic E-state index is 11.4. The molecule has 1 fully saturated rings. The van der Waals surface area contributed by atoms with Crippen molar-refractivity contribution in [3.63, 3.8) is 0 Å². The summed E-state index contributed by atoms with van der Waals surface area (Å²) in [5.74, 6) is 0. The van der Waals surface area contributed by atoms with Crippen LogP contribution in [0.2, 0.25) is 0 Å². The van der Waals surface area contributed by atoms with Gasteiger partial charge in [0, 0.05) is 18.2 Å². The van der Waals surface area contributed by atoms with E-state index in [1.54, 1.807) is 6.92 Å². The van der Waals surface area contributed by atoms with E-state index in [0.29, 0.717) is 18.4 Å². The average Bonchev–Trinajstić information content (AvgIpc) is 2.58. The van der Waals surface area contributed by atoms with Gasteiger partial charge in [0.15, 0.2) is 6.29 Å². The molecule has 1 aromatic rings. The minimum absolute atomic E-state index is 0.394. The molecule has 0 aliphatic carbocycles. The van der Waals surface area contributed by atoms with E-state index >= 15 is 0 Å². The van der Waals surface area contributed by atoms with Crippen LogP contribution in [0.3, 0.4) is 0 Å². The van der Waals surface area contributed by atoms with Crippen molar-refractivity contribution in [2.45, 2.75) is 32.3 Å². The first-order valence-corrected chi connectivity index (χ1v) is 4.73. The van der Waals surface area contributed by atoms with Crippen molar-refractivity contribution in [1.29, 1.82) is 0 Å². The zero-order valence-corrected chi connectivity index (χ0v) is 8.27. The summed E-state index contributed by atoms with van der Waals surface area (Å²) in [5, 5.41) is 9.17. The highest BCUT2D eigenvalue weighted by Gasteiger charge is 2.25. The predicted octanol–water partition coefficient (Wildman–Crippen LogP) is -0.528. The Morgan fingerprint density at radius 3 is 2.87 bits per heavy atom. The molecule has 1 aromatic heterocycles. The lowest BCUT2D eigenvalue weighted by Gasteiger charge is -2.13. The van der Waals surface area contributed by atoms with E-state index in [4.69, 9.17) is 9.84 Å². The number of aryl methyl sites for hydroxylation is 1. The van der Waals surface area contributed by atoms with Crippen LogP contribution in [0.4, 0.5) is 0 Å². The van der Waals surface area contributed by atoms with Gasteiger partial charge in [0.05, 0.1) is 0 Å². The molecule has 1 aliphatic heterocycles. The van der Waals surface area contributed by atoms with Crippen LogP contribution >= 0.6 is 0 Å². The fraction of sp³-hybridized carbons (Fsp3) is 0.556. The van der Waals surface area contributed by atoms with E-state index < -0.39 is 23.8 Å². The van der Waals surface area contributed by atoms with Crippen molar-refractivity contribution in [3.8, 4) is 0 Å². The SMILES string of the molecule is Cc1cn(C2CCC(O)O2)c(=O)[nH]c1=O. The van der Waals surface area contributed by atoms with E-state index in [1.807, 2.05) is 0 Å². The number of aliphatic hydroxyl groups is 1. The fourth-order valence-electron chi connectivity index (χ4n) is 1.61. The Bertz CT molecular complexity index is 476. The summed E-state index contributed by atoms with van der Waals surface area (Å²) in [7, 11) is 0. The number of hydrogen-bond donors (Lipinski definition) is 2. The van der Waals surface area contributed by atoms with Gasteiger partial charge in [0.1, 0.15) is 6.23 Å². The average molecular weight is 212 g/mol. The van der Waals surface area contributed by atoms with Gasteiger partial charge in [0.2, 0.25) is 0 Å². The van der Waals surface area contributed by atoms with Gasteiger partial charge in [-0.2, -0.15) is 0 Å². The Morgan fingerprint density at radius 2 is 2.27 bits per heavy atom. The number of hydrogen-bond acceptors (Lipinski definition) is 4. The number of ether oxygens (including phenoxy) is 1. The minimum Gasteiger partial charge on any atom is -0.368 e. The zero-order valence-electron chi connectivity index (χ0n) is 8.27. The summed E-state index contributed by atoms with van der Waals surface area (Å²) in [5.41, 5.74) is -0.459. The molecule has 2 rings (SSSR count). The number of aromatic amines is 1. The zero-order chi connectivity index (χ0) is 11.0. The lowest BCUT2D eigenvalue weighted by molar-refractivity contribution is -0.113. The first-order valence-electron chi connectivity index (χ1n) is 4.73. The molecule has 6 heteroatoms. The van der Waals surface area contributed by atoms with E-state index in [0.717, 1.165) is 0 Å². The Hall–Kier alpha value is -1.40. The first kappa shape index (κ1) is 10.1. The molecule has 0 saturated carbocycles. The molecular weight excluding hydrogens is 200 g/mol. The van der Waals surface area contributed by atoms with Gasteiger partial charge in [-0.25, -0.2) is 4.79 Å². The normalized spacial score (nSPS) is 25.7. The van der Waals surface area contributed by atoms with Gasteiger partial charge >= 0.3 is 5.69 Å². The second-order valence-corrected chi connectivity index (χ2v) is 3.60. The van der Waals surface area contributed by atoms with Crippen molar-refractivity contribution in [2.75, 3.05) is 0 Å². The fourth-order valence-corrected chi connectivity index (χ4v) is 1.61. The number of nitrogens with one attached hydrogen (secondary N) is 1. The Morgan fingerprint density at radius 1 is 1.53 bits per heavy atom. The van der Waals surface area contributed by atoms with E-state index in [1.165, 1.54) is 10.8 Å². The summed E-state index contributed by atoms with van der Waals surface area (Å²) in [6, 6.07) is 0. The molecule has 6 nitrogen and oxygen atoms in total. The van der Waals surface area contributed by atoms with E-state index in [-0.39, 0.29) is 0 Å². The van der Waals surface area contributed by atoms with Gasteiger partial charge in [0.25, 0.3) is 5.56 Å². The number of H-pyrrole nitrogens is 1. The molecule has 82 valence electrons. The molecule has 2 atom stereocenters. The smallest absolute Gasteiger partial charge is 0.330 e. The number of nitrogens with zero attached hydrogens (tertiary/aromatic N) is 1. The summed E-state index contributed by atoms with van der Waals surface area (Å²) < 4.78 is 6.42. The molecule has 2 unspecified atom stereocenters. The molecule has 2 N–H and O–H groups in total. The van der Waals surface area contributed by atoms with Crippen LogP contribution in [0.5, 0.6) is 0 Å². The summed E-state index contributed by atoms with van der Waals surface area (Å²) in [6.45, 7) is 1.61. The van der Waals surface area contributed by atoms with Crippen LogP contribution in [0, 0.1) is 6.92 Å². The molecular formula is C9H12N2O4. The maximum Gasteiger partial charge on any atom is 0.330 e. The molecule has 0 radical (unpaired) electrons. The molecule has 15 heavy (non-hydrogen) atoms. The van der Waals surface area contributed by atoms with Gasteiger partial charge in [-0.3, -0.25) is 14.3 Å². The Kier molecular flexibility index (Phi) is 2.45. The Labute approximate surface area is 85.1 Å². The largest absolute Gasteiger partial charge is 0.368 e. The lowest BCUT2D eigenvalue weighted by Crippen LogP contribution is -2.33. The summed E-state index contributed by atoms with van der Waals surface area (Å²) in [4.78, 5) is 24.7. The highest BCUT2D eigenvalue weighted by molar-refractivity contribution is 5.01. The second kappa shape index (κ2) is 3.63. The van der Waals surface area contributed by atoms with E-state index in [2.05, 4.69) is 4.98 Å². The topological polar surface area (TPSA) is 84.3 Å². The Balaban J connectivity index is 2.41. The van der Waals surface area contributed by atoms with Gasteiger partial charge in [-0.1, -0.05) is 0 Å². The third-order valence-electron chi connectivity index (χ3n) is 2.43. The standard InChI is InChI=1S/C9H12N2O4/c1-5-4-11(9(14)10-8(5)13)6-2-3-7(12)15-6/h4,6-7,12H,2-3H2,1H3,(H,10,13,14). The monoisotopic (exact) mass is 212 g/mol. The highest BCUT2D eigenvalue weighted by Crippen LogP contribution is 2.24. The van der Waals surface area contributed by atoms with Crippen LogP contribution in [0.25, 0.3) is 0 Å². The quantitative estimate of drug-likeness (QED) is 0.655. The van der Waals surface area contributed by atoms with E-state index in [9.17, 15) is 9.59 Å². The molecule has 1 aliphatic rings. The molecule has 1 saturated heterocycles. The minimum atomic E-state index is -0.825. The lowest BCUT2D eigenvalue weighted by atomic mass is 10.3. The van der Waals surface area contributed by atoms with Crippen LogP contribution in [0.1, 0.15) is 24.6 Å². The summed E-state index contributed by atoms with van der Waals surface area (Å²) in [6.07, 6.45) is 1.20.